The number of nitrogens with zero attached hydrogens (tertiary/aromatic N) is 7. The molecule has 5 aromatic rings. The molecule has 0 aliphatic carbocycles. The van der Waals surface area contributed by atoms with Crippen LogP contribution in [0.2, 0.25) is 0 Å². The van der Waals surface area contributed by atoms with E-state index >= 15 is 0 Å². The predicted molar refractivity (Wildman–Crippen MR) is 188 cm³/mol. The molecule has 1 spiro atoms. The van der Waals surface area contributed by atoms with E-state index in [1.807, 2.05) is 19.1 Å². The maximum Gasteiger partial charge on any atom is 1.00 e. The number of carbonyl (C=O) groups excluding carboxylic acids is 4. The number of nitrogens with one attached hydrogen (secondary N) is 2. The standard InChI is InChI=1S/C33H33N11O6.CH4.2Rb/c1-3-44-23(8-18(2)41-44)30(48)40-32-39-22-10-20(29(35)47)12-25-27(22)43(32)7-5-4-6-42-26-21(38-31(42)37-17-45)9-19(28(34)46)11-24(26)49-15-33(16-50-25)13-36-14-33;;;/h4-5,8-12,36H,3,6-7,13-16H2,1-2H3,(H5-,34,35,37,38,39,40,45,46,47,48);1H4;;/q-2;;2*+1/b5-4+;;;. The van der Waals surface area contributed by atoms with Crippen molar-refractivity contribution in [2.45, 2.75) is 40.9 Å². The molecule has 6 N–H and O–H groups in total. The van der Waals surface area contributed by atoms with E-state index in [9.17, 15) is 19.2 Å². The third-order valence-electron chi connectivity index (χ3n) is 8.78. The van der Waals surface area contributed by atoms with Crippen molar-refractivity contribution < 1.29 is 145 Å². The van der Waals surface area contributed by atoms with Crippen LogP contribution in [0.1, 0.15) is 51.2 Å². The fourth-order valence-electron chi connectivity index (χ4n) is 6.21. The molecule has 19 heteroatoms. The van der Waals surface area contributed by atoms with E-state index in [-0.39, 0.29) is 173 Å². The number of hydrogen-bond acceptors (Lipinski definition) is 10. The van der Waals surface area contributed by atoms with E-state index in [1.54, 1.807) is 45.3 Å². The normalized spacial score (nSPS) is 15.1. The molecule has 0 unspecified atom stereocenters. The van der Waals surface area contributed by atoms with Gasteiger partial charge in [-0.2, -0.15) is 5.10 Å². The number of benzene rings is 2. The summed E-state index contributed by atoms with van der Waals surface area (Å²) in [7, 11) is 0. The molecule has 5 heterocycles. The van der Waals surface area contributed by atoms with Crippen LogP contribution in [0, 0.1) is 12.3 Å². The minimum atomic E-state index is -0.674. The molecule has 4 amide bonds. The molecule has 1 fully saturated rings. The van der Waals surface area contributed by atoms with Gasteiger partial charge in [0.2, 0.25) is 17.8 Å². The van der Waals surface area contributed by atoms with Crippen LogP contribution in [0.15, 0.2) is 42.5 Å². The summed E-state index contributed by atoms with van der Waals surface area (Å²) in [5.41, 5.74) is 14.0. The number of nitrogens with two attached hydrogens (primary N) is 2. The number of rotatable bonds is 7. The average molecular weight is 867 g/mol. The Morgan fingerprint density at radius 2 is 1.49 bits per heavy atom. The van der Waals surface area contributed by atoms with Crippen molar-refractivity contribution in [2.75, 3.05) is 31.6 Å². The summed E-state index contributed by atoms with van der Waals surface area (Å²) in [6.45, 7) is 5.97. The van der Waals surface area contributed by atoms with Gasteiger partial charge in [0.05, 0.1) is 29.8 Å². The fourth-order valence-corrected chi connectivity index (χ4v) is 6.21. The Bertz CT molecular complexity index is 2240. The van der Waals surface area contributed by atoms with Crippen LogP contribution >= 0.6 is 0 Å². The van der Waals surface area contributed by atoms with Crippen molar-refractivity contribution in [1.82, 2.24) is 34.2 Å². The number of carbonyl (C=O) groups is 3. The topological polar surface area (TPSA) is 230 Å². The number of amides is 4. The van der Waals surface area contributed by atoms with Crippen LogP contribution in [-0.4, -0.2) is 79.3 Å². The monoisotopic (exact) mass is 865 g/mol. The first kappa shape index (κ1) is 43.1. The Morgan fingerprint density at radius 3 is 2.02 bits per heavy atom. The summed E-state index contributed by atoms with van der Waals surface area (Å²) in [5, 5.41) is 14.4. The van der Waals surface area contributed by atoms with Crippen LogP contribution in [0.5, 0.6) is 11.5 Å². The Kier molecular flexibility index (Phi) is 14.6. The van der Waals surface area contributed by atoms with Crippen molar-refractivity contribution in [3.63, 3.8) is 0 Å². The molecule has 3 aromatic heterocycles. The van der Waals surface area contributed by atoms with Crippen LogP contribution in [0.3, 0.4) is 0 Å². The zero-order chi connectivity index (χ0) is 35.2. The van der Waals surface area contributed by atoms with Gasteiger partial charge in [-0.05, 0) is 56.2 Å². The first-order chi connectivity index (χ1) is 24.1. The fraction of sp³-hybridized carbons (Fsp3) is 0.324. The summed E-state index contributed by atoms with van der Waals surface area (Å²) >= 11 is 0. The van der Waals surface area contributed by atoms with Gasteiger partial charge >= 0.3 is 116 Å². The molecule has 7 rings (SSSR count). The van der Waals surface area contributed by atoms with Gasteiger partial charge < -0.3 is 50.5 Å². The van der Waals surface area contributed by atoms with Gasteiger partial charge in [-0.15, -0.1) is 5.95 Å². The van der Waals surface area contributed by atoms with Crippen molar-refractivity contribution in [1.29, 1.82) is 0 Å². The molecular formula is C34H37N11O6Rb2. The molecule has 266 valence electrons. The van der Waals surface area contributed by atoms with E-state index in [1.165, 1.54) is 12.1 Å². The second-order valence-electron chi connectivity index (χ2n) is 12.3. The van der Waals surface area contributed by atoms with Crippen LogP contribution in [-0.2, 0) is 24.4 Å². The van der Waals surface area contributed by atoms with E-state index in [0.29, 0.717) is 64.6 Å². The molecule has 53 heavy (non-hydrogen) atoms. The minimum absolute atomic E-state index is 0. The number of allylic oxidation sites excluding steroid dienone is 2. The smallest absolute Gasteiger partial charge is 0.531 e. The van der Waals surface area contributed by atoms with E-state index in [4.69, 9.17) is 25.9 Å². The minimum Gasteiger partial charge on any atom is -0.531 e. The van der Waals surface area contributed by atoms with Crippen molar-refractivity contribution in [3.05, 3.63) is 70.3 Å². The number of ether oxygens (including phenoxy) is 2. The van der Waals surface area contributed by atoms with Crippen molar-refractivity contribution >= 4 is 58.1 Å². The molecular weight excluding hydrogens is 829 g/mol. The molecule has 1 saturated heterocycles. The molecule has 0 saturated carbocycles. The second kappa shape index (κ2) is 17.9. The zero-order valence-electron chi connectivity index (χ0n) is 29.2. The third-order valence-corrected chi connectivity index (χ3v) is 8.78. The predicted octanol–water partition coefficient (Wildman–Crippen LogP) is -3.31. The number of anilines is 1. The van der Waals surface area contributed by atoms with E-state index in [0.717, 1.165) is 0 Å². The Morgan fingerprint density at radius 1 is 0.925 bits per heavy atom. The van der Waals surface area contributed by atoms with Crippen LogP contribution in [0.4, 0.5) is 11.9 Å². The molecule has 2 aromatic carbocycles. The van der Waals surface area contributed by atoms with Gasteiger partial charge in [-0.1, -0.05) is 19.6 Å². The van der Waals surface area contributed by atoms with Gasteiger partial charge in [-0.3, -0.25) is 24.4 Å². The Labute approximate surface area is 402 Å². The molecule has 2 aliphatic heterocycles. The first-order valence-electron chi connectivity index (χ1n) is 15.8. The van der Waals surface area contributed by atoms with Crippen molar-refractivity contribution in [2.24, 2.45) is 16.9 Å². The first-order valence-corrected chi connectivity index (χ1v) is 15.8. The Balaban J connectivity index is 0.00000209. The number of aryl methyl sites for hydroxylation is 2. The number of primary amides is 2. The Hall–Kier alpha value is -2.62. The number of imidazole rings is 2. The summed E-state index contributed by atoms with van der Waals surface area (Å²) in [4.78, 5) is 58.8. The maximum atomic E-state index is 13.6. The second-order valence-corrected chi connectivity index (χ2v) is 12.3. The number of aromatic nitrogens is 6. The van der Waals surface area contributed by atoms with Gasteiger partial charge in [0, 0.05) is 49.2 Å². The zero-order valence-corrected chi connectivity index (χ0v) is 39.1. The largest absolute Gasteiger partial charge is 1.00 e. The summed E-state index contributed by atoms with van der Waals surface area (Å²) < 4.78 is 17.9. The quantitative estimate of drug-likeness (QED) is 0.0941. The van der Waals surface area contributed by atoms with Gasteiger partial charge in [0.25, 0.3) is 5.91 Å². The molecule has 0 atom stereocenters. The van der Waals surface area contributed by atoms with Crippen LogP contribution < -0.4 is 148 Å². The molecule has 17 nitrogen and oxygen atoms in total. The van der Waals surface area contributed by atoms with Gasteiger partial charge in [-0.25, -0.2) is 4.98 Å². The van der Waals surface area contributed by atoms with E-state index < -0.39 is 23.1 Å². The maximum absolute atomic E-state index is 13.6. The number of hydrogen-bond donors (Lipinski definition) is 4. The average Bonchev–Trinajstić information content (AvgIpc) is 3.74. The van der Waals surface area contributed by atoms with Crippen molar-refractivity contribution in [3.8, 4) is 11.5 Å². The molecule has 2 aliphatic rings. The molecule has 0 bridgehead atoms. The third kappa shape index (κ3) is 8.62. The summed E-state index contributed by atoms with van der Waals surface area (Å²) in [6.07, 6.45) is 5.20. The SMILES string of the molecule is C.CCn1nc(C)cc1C(=O)Nc1nc2cc(C(N)=O)cc3c2n1C/C=C/Cn1c([N-][C-]=O)nc2cc(C(N)=O)cc(c21)OCC1(CNC1)CO3.[Rb+].[Rb+]. The van der Waals surface area contributed by atoms with Crippen LogP contribution in [0.25, 0.3) is 27.4 Å². The molecule has 0 radical (unpaired) electrons. The van der Waals surface area contributed by atoms with Gasteiger partial charge in [0.1, 0.15) is 22.7 Å². The van der Waals surface area contributed by atoms with Gasteiger partial charge in [0.15, 0.2) is 0 Å². The summed E-state index contributed by atoms with van der Waals surface area (Å²) in [6, 6.07) is 7.86. The van der Waals surface area contributed by atoms with E-state index in [2.05, 4.69) is 26.0 Å². The summed E-state index contributed by atoms with van der Waals surface area (Å²) in [5.74, 6) is -0.838.